The molecule has 2 aliphatic rings. The van der Waals surface area contributed by atoms with Crippen LogP contribution in [0, 0.1) is 20.8 Å². The molecule has 1 unspecified atom stereocenters. The molecular weight excluding hydrogens is 428 g/mol. The zero-order valence-corrected chi connectivity index (χ0v) is 20.6. The van der Waals surface area contributed by atoms with Gasteiger partial charge in [0, 0.05) is 38.2 Å². The first kappa shape index (κ1) is 24.0. The van der Waals surface area contributed by atoms with Crippen LogP contribution >= 0.6 is 0 Å². The molecule has 0 spiro atoms. The maximum Gasteiger partial charge on any atom is 0.409 e. The quantitative estimate of drug-likeness (QED) is 0.672. The maximum atomic E-state index is 13.5. The van der Waals surface area contributed by atoms with Crippen molar-refractivity contribution in [3.8, 4) is 0 Å². The molecule has 0 N–H and O–H groups in total. The van der Waals surface area contributed by atoms with E-state index < -0.39 is 0 Å². The molecule has 0 aromatic heterocycles. The number of hydrogen-bond donors (Lipinski definition) is 0. The van der Waals surface area contributed by atoms with Gasteiger partial charge in [-0.3, -0.25) is 9.69 Å². The third-order valence-corrected chi connectivity index (χ3v) is 6.67. The largest absolute Gasteiger partial charge is 0.450 e. The van der Waals surface area contributed by atoms with Crippen LogP contribution in [0.15, 0.2) is 47.6 Å². The summed E-state index contributed by atoms with van der Waals surface area (Å²) in [7, 11) is 0. The second-order valence-electron chi connectivity index (χ2n) is 9.14. The minimum atomic E-state index is -0.282. The van der Waals surface area contributed by atoms with Gasteiger partial charge in [0.2, 0.25) is 0 Å². The molecule has 0 radical (unpaired) electrons. The molecule has 2 amide bonds. The van der Waals surface area contributed by atoms with Gasteiger partial charge in [-0.15, -0.1) is 0 Å². The van der Waals surface area contributed by atoms with Gasteiger partial charge in [-0.25, -0.2) is 9.80 Å². The van der Waals surface area contributed by atoms with Crippen LogP contribution in [0.25, 0.3) is 0 Å². The number of hydrogen-bond acceptors (Lipinski definition) is 5. The topological polar surface area (TPSA) is 65.5 Å². The fourth-order valence-corrected chi connectivity index (χ4v) is 4.72. The average molecular weight is 463 g/mol. The van der Waals surface area contributed by atoms with Gasteiger partial charge in [-0.05, 0) is 50.5 Å². The molecule has 180 valence electrons. The third kappa shape index (κ3) is 5.14. The van der Waals surface area contributed by atoms with Crippen LogP contribution in [0.2, 0.25) is 0 Å². The van der Waals surface area contributed by atoms with Crippen molar-refractivity contribution >= 4 is 17.7 Å². The first-order valence-electron chi connectivity index (χ1n) is 12.0. The van der Waals surface area contributed by atoms with Crippen LogP contribution < -0.4 is 0 Å². The van der Waals surface area contributed by atoms with Crippen LogP contribution in [0.5, 0.6) is 0 Å². The molecule has 0 saturated carbocycles. The second kappa shape index (κ2) is 10.4. The summed E-state index contributed by atoms with van der Waals surface area (Å²) in [5, 5.41) is 6.57. The zero-order chi connectivity index (χ0) is 24.2. The lowest BCUT2D eigenvalue weighted by Crippen LogP contribution is -2.51. The van der Waals surface area contributed by atoms with Gasteiger partial charge in [-0.2, -0.15) is 5.10 Å². The van der Waals surface area contributed by atoms with Gasteiger partial charge in [0.1, 0.15) is 0 Å². The summed E-state index contributed by atoms with van der Waals surface area (Å²) in [4.78, 5) is 29.3. The Morgan fingerprint density at radius 3 is 2.44 bits per heavy atom. The molecule has 7 nitrogen and oxygen atoms in total. The predicted molar refractivity (Wildman–Crippen MR) is 133 cm³/mol. The Morgan fingerprint density at radius 1 is 1.00 bits per heavy atom. The Kier molecular flexibility index (Phi) is 7.32. The monoisotopic (exact) mass is 462 g/mol. The minimum Gasteiger partial charge on any atom is -0.450 e. The fraction of sp³-hybridized carbons (Fsp3) is 0.444. The predicted octanol–water partition coefficient (Wildman–Crippen LogP) is 4.06. The number of piperazine rings is 1. The van der Waals surface area contributed by atoms with Gasteiger partial charge in [-0.1, -0.05) is 42.0 Å². The summed E-state index contributed by atoms with van der Waals surface area (Å²) in [6.07, 6.45) is 0.410. The van der Waals surface area contributed by atoms with Crippen molar-refractivity contribution in [3.63, 3.8) is 0 Å². The lowest BCUT2D eigenvalue weighted by molar-refractivity contribution is -0.134. The lowest BCUT2D eigenvalue weighted by Gasteiger charge is -2.34. The molecular formula is C27H34N4O3. The normalized spacial score (nSPS) is 18.7. The number of nitrogens with zero attached hydrogens (tertiary/aromatic N) is 4. The van der Waals surface area contributed by atoms with Gasteiger partial charge in [0.25, 0.3) is 5.91 Å². The molecule has 2 aliphatic heterocycles. The van der Waals surface area contributed by atoms with Crippen molar-refractivity contribution in [3.05, 3.63) is 70.3 Å². The number of rotatable bonds is 5. The number of carbonyl (C=O) groups excluding carboxylic acids is 2. The van der Waals surface area contributed by atoms with E-state index in [-0.39, 0.29) is 24.6 Å². The highest BCUT2D eigenvalue weighted by atomic mass is 16.6. The van der Waals surface area contributed by atoms with Crippen molar-refractivity contribution in [1.29, 1.82) is 0 Å². The molecule has 1 atom stereocenters. The van der Waals surface area contributed by atoms with E-state index >= 15 is 0 Å². The zero-order valence-electron chi connectivity index (χ0n) is 20.6. The maximum absolute atomic E-state index is 13.5. The molecule has 2 aromatic rings. The van der Waals surface area contributed by atoms with Gasteiger partial charge in [0.05, 0.1) is 24.9 Å². The standard InChI is InChI=1S/C27H34N4O3/c1-5-34-27(33)30-14-12-29(13-15-30)18-26(32)31-25(22-9-7-6-8-20(22)3)17-24(28-31)23-16-19(2)10-11-21(23)4/h6-11,16,25H,5,12-15,17-18H2,1-4H3. The van der Waals surface area contributed by atoms with E-state index in [1.54, 1.807) is 16.8 Å². The van der Waals surface area contributed by atoms with Crippen molar-refractivity contribution in [1.82, 2.24) is 14.8 Å². The number of aryl methyl sites for hydroxylation is 3. The highest BCUT2D eigenvalue weighted by Crippen LogP contribution is 2.35. The lowest BCUT2D eigenvalue weighted by atomic mass is 9.93. The number of amides is 2. The number of benzene rings is 2. The Bertz CT molecular complexity index is 1090. The third-order valence-electron chi connectivity index (χ3n) is 6.67. The van der Waals surface area contributed by atoms with Crippen LogP contribution in [-0.4, -0.2) is 71.9 Å². The van der Waals surface area contributed by atoms with Crippen molar-refractivity contribution in [2.75, 3.05) is 39.3 Å². The smallest absolute Gasteiger partial charge is 0.409 e. The molecule has 2 heterocycles. The Labute approximate surface area is 202 Å². The number of carbonyl (C=O) groups is 2. The van der Waals surface area contributed by atoms with E-state index in [9.17, 15) is 9.59 Å². The van der Waals surface area contributed by atoms with E-state index in [0.717, 1.165) is 28.0 Å². The van der Waals surface area contributed by atoms with E-state index in [0.29, 0.717) is 39.2 Å². The fourth-order valence-electron chi connectivity index (χ4n) is 4.72. The van der Waals surface area contributed by atoms with Crippen molar-refractivity contribution in [2.24, 2.45) is 5.10 Å². The van der Waals surface area contributed by atoms with Gasteiger partial charge >= 0.3 is 6.09 Å². The van der Waals surface area contributed by atoms with Crippen molar-refractivity contribution < 1.29 is 14.3 Å². The van der Waals surface area contributed by atoms with Crippen molar-refractivity contribution in [2.45, 2.75) is 40.2 Å². The van der Waals surface area contributed by atoms with E-state index in [1.807, 2.05) is 12.1 Å². The molecule has 0 aliphatic carbocycles. The molecule has 4 rings (SSSR count). The first-order chi connectivity index (χ1) is 16.4. The van der Waals surface area contributed by atoms with Crippen LogP contribution in [0.1, 0.15) is 47.2 Å². The summed E-state index contributed by atoms with van der Waals surface area (Å²) in [5.41, 5.74) is 6.70. The SMILES string of the molecule is CCOC(=O)N1CCN(CC(=O)N2N=C(c3cc(C)ccc3C)CC2c2ccccc2C)CC1. The minimum absolute atomic E-state index is 0.0156. The van der Waals surface area contributed by atoms with Gasteiger partial charge < -0.3 is 9.64 Å². The highest BCUT2D eigenvalue weighted by molar-refractivity contribution is 6.04. The Hall–Kier alpha value is -3.19. The molecule has 2 aromatic carbocycles. The van der Waals surface area contributed by atoms with Crippen LogP contribution in [0.4, 0.5) is 4.79 Å². The Balaban J connectivity index is 1.53. The summed E-state index contributed by atoms with van der Waals surface area (Å²) in [5.74, 6) is -0.0156. The second-order valence-corrected chi connectivity index (χ2v) is 9.14. The molecule has 1 fully saturated rings. The highest BCUT2D eigenvalue weighted by Gasteiger charge is 2.35. The summed E-state index contributed by atoms with van der Waals surface area (Å²) in [6.45, 7) is 11.1. The average Bonchev–Trinajstić information content (AvgIpc) is 3.27. The van der Waals surface area contributed by atoms with Gasteiger partial charge in [0.15, 0.2) is 0 Å². The number of hydrazone groups is 1. The Morgan fingerprint density at radius 2 is 1.74 bits per heavy atom. The molecule has 34 heavy (non-hydrogen) atoms. The van der Waals surface area contributed by atoms with Crippen LogP contribution in [0.3, 0.4) is 0 Å². The molecule has 0 bridgehead atoms. The summed E-state index contributed by atoms with van der Waals surface area (Å²) in [6, 6.07) is 14.5. The first-order valence-corrected chi connectivity index (χ1v) is 12.0. The molecule has 1 saturated heterocycles. The van der Waals surface area contributed by atoms with Crippen LogP contribution in [-0.2, 0) is 9.53 Å². The number of ether oxygens (including phenoxy) is 1. The van der Waals surface area contributed by atoms with E-state index in [4.69, 9.17) is 9.84 Å². The van der Waals surface area contributed by atoms with E-state index in [1.165, 1.54) is 5.56 Å². The summed E-state index contributed by atoms with van der Waals surface area (Å²) >= 11 is 0. The summed E-state index contributed by atoms with van der Waals surface area (Å²) < 4.78 is 5.10. The molecule has 7 heteroatoms. The van der Waals surface area contributed by atoms with E-state index in [2.05, 4.69) is 56.0 Å².